The monoisotopic (exact) mass is 239 g/mol. The molecule has 1 saturated heterocycles. The summed E-state index contributed by atoms with van der Waals surface area (Å²) in [7, 11) is 1.65. The number of likely N-dealkylation sites (tertiary alicyclic amines) is 1. The first-order valence-corrected chi connectivity index (χ1v) is 5.62. The van der Waals surface area contributed by atoms with Gasteiger partial charge in [-0.2, -0.15) is 5.10 Å². The molecule has 0 spiro atoms. The standard InChI is InChI=1S/C11H17N3O3/c1-8(11(15)16)13-6-9(10(7-13)17-2)14-5-3-4-12-14/h3-5,8-10H,6-7H2,1-2H3,(H,15,16)/t8-,9-,10+/m0/s1. The van der Waals surface area contributed by atoms with Crippen LogP contribution < -0.4 is 0 Å². The second-order valence-corrected chi connectivity index (χ2v) is 4.30. The Hall–Kier alpha value is -1.40. The van der Waals surface area contributed by atoms with Crippen LogP contribution in [-0.2, 0) is 9.53 Å². The minimum atomic E-state index is -0.805. The Labute approximate surface area is 99.8 Å². The Balaban J connectivity index is 2.11. The smallest absolute Gasteiger partial charge is 0.320 e. The molecule has 2 heterocycles. The molecule has 94 valence electrons. The van der Waals surface area contributed by atoms with Crippen molar-refractivity contribution in [2.45, 2.75) is 25.1 Å². The predicted octanol–water partition coefficient (Wildman–Crippen LogP) is 0.228. The number of aliphatic carboxylic acids is 1. The average molecular weight is 239 g/mol. The maximum absolute atomic E-state index is 11.0. The fourth-order valence-electron chi connectivity index (χ4n) is 2.22. The van der Waals surface area contributed by atoms with Crippen molar-refractivity contribution in [3.8, 4) is 0 Å². The fraction of sp³-hybridized carbons (Fsp3) is 0.636. The van der Waals surface area contributed by atoms with Crippen molar-refractivity contribution in [2.24, 2.45) is 0 Å². The quantitative estimate of drug-likeness (QED) is 0.814. The molecule has 17 heavy (non-hydrogen) atoms. The summed E-state index contributed by atoms with van der Waals surface area (Å²) in [6.45, 7) is 2.96. The van der Waals surface area contributed by atoms with Gasteiger partial charge in [0.15, 0.2) is 0 Å². The number of aromatic nitrogens is 2. The van der Waals surface area contributed by atoms with Crippen LogP contribution in [-0.4, -0.2) is 58.1 Å². The summed E-state index contributed by atoms with van der Waals surface area (Å²) >= 11 is 0. The van der Waals surface area contributed by atoms with Crippen LogP contribution in [0.15, 0.2) is 18.5 Å². The number of carboxylic acids is 1. The van der Waals surface area contributed by atoms with E-state index < -0.39 is 12.0 Å². The Morgan fingerprint density at radius 3 is 2.88 bits per heavy atom. The van der Waals surface area contributed by atoms with E-state index in [9.17, 15) is 4.79 Å². The Bertz CT molecular complexity index is 379. The minimum absolute atomic E-state index is 0.0169. The molecule has 0 bridgehead atoms. The van der Waals surface area contributed by atoms with E-state index in [2.05, 4.69) is 5.10 Å². The summed E-state index contributed by atoms with van der Waals surface area (Å²) in [5, 5.41) is 13.2. The molecule has 2 rings (SSSR count). The molecule has 1 aromatic heterocycles. The normalized spacial score (nSPS) is 27.2. The first kappa shape index (κ1) is 12.1. The molecule has 6 nitrogen and oxygen atoms in total. The fourth-order valence-corrected chi connectivity index (χ4v) is 2.22. The lowest BCUT2D eigenvalue weighted by atomic mass is 10.2. The highest BCUT2D eigenvalue weighted by atomic mass is 16.5. The lowest BCUT2D eigenvalue weighted by molar-refractivity contribution is -0.142. The molecule has 0 aliphatic carbocycles. The highest BCUT2D eigenvalue weighted by Crippen LogP contribution is 2.25. The van der Waals surface area contributed by atoms with Gasteiger partial charge in [0.25, 0.3) is 0 Å². The van der Waals surface area contributed by atoms with Gasteiger partial charge in [-0.05, 0) is 13.0 Å². The Morgan fingerprint density at radius 1 is 1.59 bits per heavy atom. The van der Waals surface area contributed by atoms with E-state index in [1.54, 1.807) is 20.2 Å². The molecular formula is C11H17N3O3. The third kappa shape index (κ3) is 2.32. The summed E-state index contributed by atoms with van der Waals surface area (Å²) in [4.78, 5) is 12.9. The topological polar surface area (TPSA) is 67.6 Å². The number of methoxy groups -OCH3 is 1. The number of ether oxygens (including phenoxy) is 1. The molecule has 1 aromatic rings. The van der Waals surface area contributed by atoms with E-state index in [1.165, 1.54) is 0 Å². The van der Waals surface area contributed by atoms with Crippen LogP contribution in [0, 0.1) is 0 Å². The first-order valence-electron chi connectivity index (χ1n) is 5.62. The van der Waals surface area contributed by atoms with Gasteiger partial charge in [-0.1, -0.05) is 0 Å². The van der Waals surface area contributed by atoms with E-state index >= 15 is 0 Å². The zero-order chi connectivity index (χ0) is 12.4. The van der Waals surface area contributed by atoms with Crippen molar-refractivity contribution in [3.63, 3.8) is 0 Å². The molecule has 1 N–H and O–H groups in total. The zero-order valence-electron chi connectivity index (χ0n) is 9.98. The highest BCUT2D eigenvalue weighted by Gasteiger charge is 2.38. The number of carbonyl (C=O) groups is 1. The number of rotatable bonds is 4. The number of hydrogen-bond donors (Lipinski definition) is 1. The van der Waals surface area contributed by atoms with Crippen LogP contribution in [0.5, 0.6) is 0 Å². The van der Waals surface area contributed by atoms with Crippen LogP contribution in [0.3, 0.4) is 0 Å². The number of carboxylic acid groups (broad SMARTS) is 1. The molecule has 3 atom stereocenters. The van der Waals surface area contributed by atoms with Gasteiger partial charge in [0.2, 0.25) is 0 Å². The molecule has 0 amide bonds. The largest absolute Gasteiger partial charge is 0.480 e. The third-order valence-electron chi connectivity index (χ3n) is 3.34. The van der Waals surface area contributed by atoms with E-state index in [1.807, 2.05) is 21.8 Å². The molecule has 0 saturated carbocycles. The maximum atomic E-state index is 11.0. The molecule has 6 heteroatoms. The van der Waals surface area contributed by atoms with Gasteiger partial charge >= 0.3 is 5.97 Å². The van der Waals surface area contributed by atoms with Crippen LogP contribution >= 0.6 is 0 Å². The molecule has 1 aliphatic rings. The van der Waals surface area contributed by atoms with Crippen LogP contribution in [0.25, 0.3) is 0 Å². The molecule has 1 aliphatic heterocycles. The van der Waals surface area contributed by atoms with Crippen molar-refractivity contribution < 1.29 is 14.6 Å². The predicted molar refractivity (Wildman–Crippen MR) is 60.7 cm³/mol. The minimum Gasteiger partial charge on any atom is -0.480 e. The highest BCUT2D eigenvalue weighted by molar-refractivity contribution is 5.72. The van der Waals surface area contributed by atoms with Crippen LogP contribution in [0.4, 0.5) is 0 Å². The van der Waals surface area contributed by atoms with Crippen molar-refractivity contribution in [2.75, 3.05) is 20.2 Å². The molecule has 1 fully saturated rings. The Kier molecular flexibility index (Phi) is 3.44. The molecule has 0 radical (unpaired) electrons. The summed E-state index contributed by atoms with van der Waals surface area (Å²) in [6, 6.07) is 1.45. The van der Waals surface area contributed by atoms with Crippen LogP contribution in [0.2, 0.25) is 0 Å². The summed E-state index contributed by atoms with van der Waals surface area (Å²) in [5.74, 6) is -0.805. The first-order chi connectivity index (χ1) is 8.13. The van der Waals surface area contributed by atoms with E-state index in [0.717, 1.165) is 0 Å². The van der Waals surface area contributed by atoms with Crippen LogP contribution in [0.1, 0.15) is 13.0 Å². The second kappa shape index (κ2) is 4.85. The van der Waals surface area contributed by atoms with Gasteiger partial charge in [-0.15, -0.1) is 0 Å². The van der Waals surface area contributed by atoms with Crippen molar-refractivity contribution in [1.82, 2.24) is 14.7 Å². The number of nitrogens with zero attached hydrogens (tertiary/aromatic N) is 3. The van der Waals surface area contributed by atoms with Gasteiger partial charge in [0.05, 0.1) is 12.1 Å². The SMILES string of the molecule is CO[C@@H]1CN([C@@H](C)C(=O)O)C[C@@H]1n1cccn1. The zero-order valence-corrected chi connectivity index (χ0v) is 9.98. The lowest BCUT2D eigenvalue weighted by Crippen LogP contribution is -2.37. The Morgan fingerprint density at radius 2 is 2.35 bits per heavy atom. The van der Waals surface area contributed by atoms with Gasteiger partial charge in [-0.25, -0.2) is 0 Å². The second-order valence-electron chi connectivity index (χ2n) is 4.30. The van der Waals surface area contributed by atoms with E-state index in [0.29, 0.717) is 13.1 Å². The van der Waals surface area contributed by atoms with Gasteiger partial charge in [0, 0.05) is 32.6 Å². The van der Waals surface area contributed by atoms with Gasteiger partial charge < -0.3 is 9.84 Å². The molecule has 0 aromatic carbocycles. The summed E-state index contributed by atoms with van der Waals surface area (Å²) in [6.07, 6.45) is 3.58. The van der Waals surface area contributed by atoms with Crippen molar-refractivity contribution in [3.05, 3.63) is 18.5 Å². The third-order valence-corrected chi connectivity index (χ3v) is 3.34. The molecule has 0 unspecified atom stereocenters. The molecular weight excluding hydrogens is 222 g/mol. The lowest BCUT2D eigenvalue weighted by Gasteiger charge is -2.19. The maximum Gasteiger partial charge on any atom is 0.320 e. The van der Waals surface area contributed by atoms with E-state index in [4.69, 9.17) is 9.84 Å². The van der Waals surface area contributed by atoms with Gasteiger partial charge in [0.1, 0.15) is 6.04 Å². The summed E-state index contributed by atoms with van der Waals surface area (Å²) < 4.78 is 7.25. The van der Waals surface area contributed by atoms with Crippen molar-refractivity contribution >= 4 is 5.97 Å². The number of hydrogen-bond acceptors (Lipinski definition) is 4. The average Bonchev–Trinajstić information content (AvgIpc) is 2.95. The van der Waals surface area contributed by atoms with Crippen molar-refractivity contribution in [1.29, 1.82) is 0 Å². The summed E-state index contributed by atoms with van der Waals surface area (Å²) in [5.41, 5.74) is 0. The van der Waals surface area contributed by atoms with E-state index in [-0.39, 0.29) is 12.1 Å². The van der Waals surface area contributed by atoms with Gasteiger partial charge in [-0.3, -0.25) is 14.4 Å².